The van der Waals surface area contributed by atoms with E-state index in [0.29, 0.717) is 0 Å². The van der Waals surface area contributed by atoms with Gasteiger partial charge in [-0.25, -0.2) is 4.79 Å². The fourth-order valence-electron chi connectivity index (χ4n) is 0.873. The number of rotatable bonds is 5. The zero-order valence-corrected chi connectivity index (χ0v) is 13.0. The summed E-state index contributed by atoms with van der Waals surface area (Å²) in [6.45, 7) is 6.86. The Bertz CT molecular complexity index is 108. The molecule has 3 nitrogen and oxygen atoms in total. The van der Waals surface area contributed by atoms with Gasteiger partial charge in [0.2, 0.25) is 0 Å². The summed E-state index contributed by atoms with van der Waals surface area (Å²) < 4.78 is 8.91. The van der Waals surface area contributed by atoms with Crippen molar-refractivity contribution in [2.75, 3.05) is 13.7 Å². The van der Waals surface area contributed by atoms with Crippen LogP contribution >= 0.6 is 0 Å². The Balaban J connectivity index is 0. The Morgan fingerprint density at radius 3 is 1.62 bits per heavy atom. The van der Waals surface area contributed by atoms with Gasteiger partial charge < -0.3 is 9.84 Å². The first-order valence-electron chi connectivity index (χ1n) is 4.66. The van der Waals surface area contributed by atoms with Crippen molar-refractivity contribution in [3.8, 4) is 0 Å². The van der Waals surface area contributed by atoms with Gasteiger partial charge in [-0.1, -0.05) is 0 Å². The van der Waals surface area contributed by atoms with Crippen molar-refractivity contribution < 1.29 is 14.6 Å². The normalized spacial score (nSPS) is 9.31. The van der Waals surface area contributed by atoms with Gasteiger partial charge in [0, 0.05) is 7.11 Å². The summed E-state index contributed by atoms with van der Waals surface area (Å²) in [6.07, 6.45) is 0. The number of carbonyl (C=O) groups is 1. The molecule has 0 atom stereocenters. The Kier molecular flexibility index (Phi) is 15.0. The summed E-state index contributed by atoms with van der Waals surface area (Å²) in [5, 5.41) is 7.79. The van der Waals surface area contributed by atoms with Gasteiger partial charge in [0.05, 0.1) is 0 Å². The predicted molar refractivity (Wildman–Crippen MR) is 56.7 cm³/mol. The van der Waals surface area contributed by atoms with Crippen molar-refractivity contribution in [1.82, 2.24) is 0 Å². The molecular formula is C9H21O3Pb. The molecule has 0 aliphatic rings. The number of methoxy groups -OCH3 is 1. The number of hydrogen-bond donors (Lipinski definition) is 1. The number of carboxylic acids is 1. The van der Waals surface area contributed by atoms with Crippen molar-refractivity contribution in [3.63, 3.8) is 0 Å². The average molecular weight is 384 g/mol. The third kappa shape index (κ3) is 15.1. The number of ether oxygens (including phenoxy) is 1. The van der Waals surface area contributed by atoms with Crippen molar-refractivity contribution in [2.24, 2.45) is 0 Å². The molecule has 0 aliphatic carbocycles. The summed E-state index contributed by atoms with van der Waals surface area (Å²) in [5.74, 6) is -0.933. The van der Waals surface area contributed by atoms with E-state index in [-0.39, 0.29) is 6.61 Å². The van der Waals surface area contributed by atoms with E-state index in [1.165, 1.54) is 7.11 Å². The van der Waals surface area contributed by atoms with Crippen LogP contribution in [0.25, 0.3) is 0 Å². The Morgan fingerprint density at radius 2 is 1.62 bits per heavy atom. The average Bonchev–Trinajstić information content (AvgIpc) is 2.08. The van der Waals surface area contributed by atoms with E-state index < -0.39 is 28.7 Å². The molecule has 0 saturated carbocycles. The molecule has 4 heteroatoms. The summed E-state index contributed by atoms with van der Waals surface area (Å²) in [5.41, 5.74) is 0. The molecule has 1 N–H and O–H groups in total. The number of aliphatic carboxylic acids is 1. The summed E-state index contributed by atoms with van der Waals surface area (Å²) in [4.78, 5) is 9.47. The minimum absolute atomic E-state index is 0.208. The first kappa shape index (κ1) is 15.8. The number of carboxylic acid groups (broad SMARTS) is 1. The van der Waals surface area contributed by atoms with Gasteiger partial charge in [-0.3, -0.25) is 0 Å². The molecule has 0 unspecified atom stereocenters. The fraction of sp³-hybridized carbons (Fsp3) is 0.889. The third-order valence-electron chi connectivity index (χ3n) is 1.77. The van der Waals surface area contributed by atoms with Crippen molar-refractivity contribution in [2.45, 2.75) is 32.7 Å². The standard InChI is InChI=1S/C3H6O3.3C2H5.Pb/c1-6-2-3(4)5;3*1-2;/h2H2,1H3,(H,4,5);3*1H2,2H3;. The third-order valence-corrected chi connectivity index (χ3v) is 13.4. The Labute approximate surface area is 89.6 Å². The summed E-state index contributed by atoms with van der Waals surface area (Å²) >= 11 is -0.789. The van der Waals surface area contributed by atoms with E-state index in [2.05, 4.69) is 25.5 Å². The molecule has 0 aromatic rings. The molecule has 0 aromatic heterocycles. The van der Waals surface area contributed by atoms with Gasteiger partial charge in [-0.2, -0.15) is 0 Å². The monoisotopic (exact) mass is 385 g/mol. The number of hydrogen-bond acceptors (Lipinski definition) is 2. The minimum atomic E-state index is -0.933. The van der Waals surface area contributed by atoms with E-state index in [0.717, 1.165) is 0 Å². The molecule has 0 rings (SSSR count). The quantitative estimate of drug-likeness (QED) is 0.740. The van der Waals surface area contributed by atoms with Crippen LogP contribution < -0.4 is 0 Å². The molecule has 13 heavy (non-hydrogen) atoms. The molecule has 0 spiro atoms. The summed E-state index contributed by atoms with van der Waals surface area (Å²) in [7, 11) is 1.34. The van der Waals surface area contributed by atoms with Crippen LogP contribution in [0.4, 0.5) is 0 Å². The maximum atomic E-state index is 9.47. The van der Waals surface area contributed by atoms with Gasteiger partial charge in [0.1, 0.15) is 6.61 Å². The molecule has 0 fully saturated rings. The van der Waals surface area contributed by atoms with Crippen LogP contribution in [0.1, 0.15) is 20.8 Å². The molecule has 0 amide bonds. The van der Waals surface area contributed by atoms with E-state index >= 15 is 0 Å². The second-order valence-electron chi connectivity index (χ2n) is 2.64. The SMILES string of the molecule is COCC(=O)O.C[CH2][Pb]([CH2]C)[CH2]C. The first-order chi connectivity index (χ1) is 6.12. The van der Waals surface area contributed by atoms with Crippen LogP contribution in [-0.4, -0.2) is 47.5 Å². The zero-order chi connectivity index (χ0) is 10.7. The van der Waals surface area contributed by atoms with Crippen LogP contribution in [-0.2, 0) is 9.53 Å². The van der Waals surface area contributed by atoms with Gasteiger partial charge in [-0.15, -0.1) is 0 Å². The molecule has 0 aromatic carbocycles. The summed E-state index contributed by atoms with van der Waals surface area (Å²) in [6, 6.07) is 0. The molecule has 0 saturated heterocycles. The van der Waals surface area contributed by atoms with E-state index in [9.17, 15) is 4.79 Å². The predicted octanol–water partition coefficient (Wildman–Crippen LogP) is 2.26. The molecular weight excluding hydrogens is 363 g/mol. The van der Waals surface area contributed by atoms with Crippen LogP contribution in [0.5, 0.6) is 0 Å². The van der Waals surface area contributed by atoms with Gasteiger partial charge in [0.25, 0.3) is 0 Å². The fourth-order valence-corrected chi connectivity index (χ4v) is 6.70. The van der Waals surface area contributed by atoms with Crippen molar-refractivity contribution in [1.29, 1.82) is 0 Å². The molecule has 0 bridgehead atoms. The van der Waals surface area contributed by atoms with Crippen LogP contribution in [0.3, 0.4) is 0 Å². The van der Waals surface area contributed by atoms with Crippen LogP contribution in [0.2, 0.25) is 11.9 Å². The second-order valence-corrected chi connectivity index (χ2v) is 16.7. The van der Waals surface area contributed by atoms with Crippen LogP contribution in [0.15, 0.2) is 0 Å². The topological polar surface area (TPSA) is 46.5 Å². The van der Waals surface area contributed by atoms with Crippen molar-refractivity contribution >= 4 is 28.7 Å². The zero-order valence-electron chi connectivity index (χ0n) is 9.09. The van der Waals surface area contributed by atoms with E-state index in [4.69, 9.17) is 5.11 Å². The maximum absolute atomic E-state index is 9.47. The molecule has 79 valence electrons. The van der Waals surface area contributed by atoms with Gasteiger partial charge in [-0.05, 0) is 0 Å². The van der Waals surface area contributed by atoms with E-state index in [1.807, 2.05) is 0 Å². The molecule has 0 aliphatic heterocycles. The van der Waals surface area contributed by atoms with Gasteiger partial charge in [0.15, 0.2) is 0 Å². The molecule has 1 radical (unpaired) electrons. The first-order valence-corrected chi connectivity index (χ1v) is 12.9. The molecule has 0 heterocycles. The van der Waals surface area contributed by atoms with Crippen molar-refractivity contribution in [3.05, 3.63) is 0 Å². The second kappa shape index (κ2) is 12.4. The Morgan fingerprint density at radius 1 is 1.23 bits per heavy atom. The van der Waals surface area contributed by atoms with Gasteiger partial charge >= 0.3 is 61.4 Å². The Hall–Kier alpha value is 0.352. The van der Waals surface area contributed by atoms with Crippen LogP contribution in [0, 0.1) is 0 Å². The van der Waals surface area contributed by atoms with E-state index in [1.54, 1.807) is 11.9 Å².